The van der Waals surface area contributed by atoms with Gasteiger partial charge in [-0.3, -0.25) is 4.79 Å². The van der Waals surface area contributed by atoms with E-state index in [1.807, 2.05) is 6.92 Å². The third kappa shape index (κ3) is 5.15. The molecule has 5 heteroatoms. The van der Waals surface area contributed by atoms with Crippen molar-refractivity contribution in [3.63, 3.8) is 0 Å². The summed E-state index contributed by atoms with van der Waals surface area (Å²) in [5.41, 5.74) is 0. The van der Waals surface area contributed by atoms with Crippen molar-refractivity contribution in [2.75, 3.05) is 6.61 Å². The second-order valence-electron chi connectivity index (χ2n) is 4.12. The van der Waals surface area contributed by atoms with Crippen molar-refractivity contribution in [1.29, 1.82) is 0 Å². The van der Waals surface area contributed by atoms with E-state index in [-0.39, 0.29) is 18.6 Å². The van der Waals surface area contributed by atoms with E-state index >= 15 is 0 Å². The first-order valence-corrected chi connectivity index (χ1v) is 6.65. The molecule has 0 aliphatic carbocycles. The molecule has 18 heavy (non-hydrogen) atoms. The minimum absolute atomic E-state index is 0.0462. The summed E-state index contributed by atoms with van der Waals surface area (Å²) in [6, 6.07) is 5.05. The Bertz CT molecular complexity index is 410. The largest absolute Gasteiger partial charge is 0.482 e. The van der Waals surface area contributed by atoms with Crippen molar-refractivity contribution in [3.8, 4) is 5.75 Å². The fourth-order valence-corrected chi connectivity index (χ4v) is 2.02. The van der Waals surface area contributed by atoms with Gasteiger partial charge < -0.3 is 10.1 Å². The van der Waals surface area contributed by atoms with Crippen LogP contribution in [-0.4, -0.2) is 18.6 Å². The van der Waals surface area contributed by atoms with Crippen LogP contribution in [0.15, 0.2) is 18.2 Å². The number of nitrogens with one attached hydrogen (secondary N) is 1. The van der Waals surface area contributed by atoms with Gasteiger partial charge in [-0.2, -0.15) is 0 Å². The van der Waals surface area contributed by atoms with Gasteiger partial charge >= 0.3 is 0 Å². The van der Waals surface area contributed by atoms with Crippen LogP contribution in [0.4, 0.5) is 0 Å². The smallest absolute Gasteiger partial charge is 0.258 e. The van der Waals surface area contributed by atoms with Crippen molar-refractivity contribution >= 4 is 29.1 Å². The van der Waals surface area contributed by atoms with Crippen LogP contribution < -0.4 is 10.1 Å². The number of hydrogen-bond acceptors (Lipinski definition) is 2. The maximum atomic E-state index is 11.6. The molecule has 0 fully saturated rings. The topological polar surface area (TPSA) is 38.3 Å². The van der Waals surface area contributed by atoms with Gasteiger partial charge in [0.25, 0.3) is 5.91 Å². The predicted molar refractivity (Wildman–Crippen MR) is 74.5 cm³/mol. The number of carbonyl (C=O) groups excluding carboxylic acids is 1. The van der Waals surface area contributed by atoms with E-state index in [9.17, 15) is 4.79 Å². The Morgan fingerprint density at radius 2 is 2.17 bits per heavy atom. The minimum Gasteiger partial charge on any atom is -0.482 e. The summed E-state index contributed by atoms with van der Waals surface area (Å²) in [7, 11) is 0. The third-order valence-corrected chi connectivity index (χ3v) is 2.91. The summed E-state index contributed by atoms with van der Waals surface area (Å²) in [6.45, 7) is 4.00. The van der Waals surface area contributed by atoms with E-state index < -0.39 is 0 Å². The molecule has 0 aliphatic heterocycles. The number of benzene rings is 1. The van der Waals surface area contributed by atoms with Crippen LogP contribution in [0.25, 0.3) is 0 Å². The molecule has 0 aliphatic rings. The first-order valence-electron chi connectivity index (χ1n) is 5.90. The fourth-order valence-electron chi connectivity index (χ4n) is 1.56. The van der Waals surface area contributed by atoms with Crippen LogP contribution in [0.1, 0.15) is 26.7 Å². The van der Waals surface area contributed by atoms with Crippen LogP contribution in [0.2, 0.25) is 10.0 Å². The normalized spacial score (nSPS) is 12.0. The van der Waals surface area contributed by atoms with Gasteiger partial charge in [0.05, 0.1) is 5.02 Å². The number of rotatable bonds is 6. The highest BCUT2D eigenvalue weighted by Crippen LogP contribution is 2.27. The average molecular weight is 290 g/mol. The number of carbonyl (C=O) groups is 1. The SMILES string of the molecule is CCC[C@@H](C)NC(=O)COc1ccc(Cl)cc1Cl. The monoisotopic (exact) mass is 289 g/mol. The predicted octanol–water partition coefficient (Wildman–Crippen LogP) is 3.68. The highest BCUT2D eigenvalue weighted by molar-refractivity contribution is 6.35. The molecule has 0 heterocycles. The van der Waals surface area contributed by atoms with E-state index in [2.05, 4.69) is 12.2 Å². The zero-order valence-corrected chi connectivity index (χ0v) is 12.0. The summed E-state index contributed by atoms with van der Waals surface area (Å²) < 4.78 is 5.33. The lowest BCUT2D eigenvalue weighted by Crippen LogP contribution is -2.35. The standard InChI is InChI=1S/C13H17Cl2NO2/c1-3-4-9(2)16-13(17)8-18-12-6-5-10(14)7-11(12)15/h5-7,9H,3-4,8H2,1-2H3,(H,16,17)/t9-/m1/s1. The zero-order chi connectivity index (χ0) is 13.5. The second kappa shape index (κ2) is 7.49. The van der Waals surface area contributed by atoms with Crippen LogP contribution in [0.5, 0.6) is 5.75 Å². The number of hydrogen-bond donors (Lipinski definition) is 1. The van der Waals surface area contributed by atoms with Crippen molar-refractivity contribution in [2.45, 2.75) is 32.7 Å². The minimum atomic E-state index is -0.151. The molecule has 1 aromatic carbocycles. The number of ether oxygens (including phenoxy) is 1. The number of amides is 1. The molecule has 0 saturated heterocycles. The van der Waals surface area contributed by atoms with E-state index in [4.69, 9.17) is 27.9 Å². The molecule has 1 N–H and O–H groups in total. The van der Waals surface area contributed by atoms with Gasteiger partial charge in [-0.15, -0.1) is 0 Å². The molecule has 0 aromatic heterocycles. The Balaban J connectivity index is 2.42. The van der Waals surface area contributed by atoms with E-state index in [1.165, 1.54) is 0 Å². The molecule has 0 unspecified atom stereocenters. The highest BCUT2D eigenvalue weighted by Gasteiger charge is 2.08. The van der Waals surface area contributed by atoms with E-state index in [1.54, 1.807) is 18.2 Å². The summed E-state index contributed by atoms with van der Waals surface area (Å²) in [5, 5.41) is 3.78. The van der Waals surface area contributed by atoms with Crippen LogP contribution in [-0.2, 0) is 4.79 Å². The van der Waals surface area contributed by atoms with E-state index in [0.717, 1.165) is 12.8 Å². The molecule has 1 rings (SSSR count). The molecule has 0 bridgehead atoms. The van der Waals surface area contributed by atoms with Crippen molar-refractivity contribution in [3.05, 3.63) is 28.2 Å². The first kappa shape index (κ1) is 15.1. The third-order valence-electron chi connectivity index (χ3n) is 2.38. The van der Waals surface area contributed by atoms with Gasteiger partial charge in [0.2, 0.25) is 0 Å². The van der Waals surface area contributed by atoms with Crippen molar-refractivity contribution in [2.24, 2.45) is 0 Å². The second-order valence-corrected chi connectivity index (χ2v) is 4.96. The maximum absolute atomic E-state index is 11.6. The Morgan fingerprint density at radius 3 is 2.78 bits per heavy atom. The molecule has 100 valence electrons. The average Bonchev–Trinajstić information content (AvgIpc) is 2.28. The lowest BCUT2D eigenvalue weighted by atomic mass is 10.2. The Morgan fingerprint density at radius 1 is 1.44 bits per heavy atom. The first-order chi connectivity index (χ1) is 8.52. The summed E-state index contributed by atoms with van der Waals surface area (Å²) in [5.74, 6) is 0.307. The molecule has 1 amide bonds. The molecule has 1 atom stereocenters. The highest BCUT2D eigenvalue weighted by atomic mass is 35.5. The molecule has 0 spiro atoms. The van der Waals surface area contributed by atoms with Gasteiger partial charge in [0.15, 0.2) is 6.61 Å². The van der Waals surface area contributed by atoms with Crippen molar-refractivity contribution < 1.29 is 9.53 Å². The Labute approximate surface area is 117 Å². The quantitative estimate of drug-likeness (QED) is 0.868. The molecule has 0 saturated carbocycles. The lowest BCUT2D eigenvalue weighted by Gasteiger charge is -2.13. The molecular formula is C13H17Cl2NO2. The maximum Gasteiger partial charge on any atom is 0.258 e. The lowest BCUT2D eigenvalue weighted by molar-refractivity contribution is -0.123. The fraction of sp³-hybridized carbons (Fsp3) is 0.462. The van der Waals surface area contributed by atoms with Gasteiger partial charge in [-0.05, 0) is 31.5 Å². The van der Waals surface area contributed by atoms with Gasteiger partial charge in [0.1, 0.15) is 5.75 Å². The van der Waals surface area contributed by atoms with Gasteiger partial charge in [0, 0.05) is 11.1 Å². The zero-order valence-electron chi connectivity index (χ0n) is 10.5. The van der Waals surface area contributed by atoms with Crippen LogP contribution >= 0.6 is 23.2 Å². The Kier molecular flexibility index (Phi) is 6.30. The molecule has 3 nitrogen and oxygen atoms in total. The summed E-state index contributed by atoms with van der Waals surface area (Å²) >= 11 is 11.7. The van der Waals surface area contributed by atoms with E-state index in [0.29, 0.717) is 15.8 Å². The molecular weight excluding hydrogens is 273 g/mol. The van der Waals surface area contributed by atoms with Gasteiger partial charge in [-0.25, -0.2) is 0 Å². The van der Waals surface area contributed by atoms with Crippen LogP contribution in [0.3, 0.4) is 0 Å². The number of halogens is 2. The Hall–Kier alpha value is -0.930. The summed E-state index contributed by atoms with van der Waals surface area (Å²) in [4.78, 5) is 11.6. The molecule has 1 aromatic rings. The van der Waals surface area contributed by atoms with Crippen LogP contribution in [0, 0.1) is 0 Å². The van der Waals surface area contributed by atoms with Gasteiger partial charge in [-0.1, -0.05) is 36.5 Å². The van der Waals surface area contributed by atoms with Crippen molar-refractivity contribution in [1.82, 2.24) is 5.32 Å². The summed E-state index contributed by atoms with van der Waals surface area (Å²) in [6.07, 6.45) is 1.98. The molecule has 0 radical (unpaired) electrons.